The number of rotatable bonds is 10. The van der Waals surface area contributed by atoms with Crippen molar-refractivity contribution in [3.8, 4) is 11.5 Å². The van der Waals surface area contributed by atoms with Gasteiger partial charge in [-0.1, -0.05) is 62.8 Å². The zero-order chi connectivity index (χ0) is 21.5. The monoisotopic (exact) mass is 417 g/mol. The Bertz CT molecular complexity index is 1130. The minimum Gasteiger partial charge on any atom is -0.421 e. The van der Waals surface area contributed by atoms with Gasteiger partial charge < -0.3 is 4.42 Å². The molecule has 0 fully saturated rings. The summed E-state index contributed by atoms with van der Waals surface area (Å²) in [5.41, 5.74) is 2.68. The maximum atomic E-state index is 12.8. The lowest BCUT2D eigenvalue weighted by Gasteiger charge is -2.02. The zero-order valence-electron chi connectivity index (χ0n) is 17.8. The van der Waals surface area contributed by atoms with Crippen molar-refractivity contribution in [3.05, 3.63) is 60.0 Å². The van der Waals surface area contributed by atoms with E-state index in [4.69, 9.17) is 4.42 Å². The average molecular weight is 418 g/mol. The molecule has 0 aliphatic carbocycles. The highest BCUT2D eigenvalue weighted by molar-refractivity contribution is 6.00. The molecule has 4 rings (SSSR count). The van der Waals surface area contributed by atoms with Crippen molar-refractivity contribution in [2.75, 3.05) is 0 Å². The minimum atomic E-state index is -0.231. The second-order valence-electron chi connectivity index (χ2n) is 7.74. The van der Waals surface area contributed by atoms with E-state index in [-0.39, 0.29) is 5.91 Å². The molecule has 0 aliphatic heterocycles. The molecule has 7 heteroatoms. The number of aryl methyl sites for hydroxylation is 1. The standard InChI is InChI=1S/C24H27N5O2/c1-2-3-4-5-6-7-8-13-22-26-27-23(31-22)18-14-16-19(17-15-18)24(30)29-21-12-10-9-11-20(21)25-28-29/h9-12,14-17H,2-8,13H2,1H3. The summed E-state index contributed by atoms with van der Waals surface area (Å²) in [6.07, 6.45) is 9.55. The molecule has 7 nitrogen and oxygen atoms in total. The van der Waals surface area contributed by atoms with E-state index in [0.717, 1.165) is 18.4 Å². The third-order valence-corrected chi connectivity index (χ3v) is 5.38. The van der Waals surface area contributed by atoms with Gasteiger partial charge in [-0.15, -0.1) is 15.3 Å². The Morgan fingerprint density at radius 1 is 0.871 bits per heavy atom. The molecule has 0 saturated heterocycles. The molecule has 2 aromatic carbocycles. The summed E-state index contributed by atoms with van der Waals surface area (Å²) in [5, 5.41) is 16.4. The maximum absolute atomic E-state index is 12.8. The average Bonchev–Trinajstić information content (AvgIpc) is 3.45. The van der Waals surface area contributed by atoms with E-state index in [1.54, 1.807) is 12.1 Å². The Labute approximate surface area is 181 Å². The molecule has 2 aromatic heterocycles. The van der Waals surface area contributed by atoms with E-state index in [1.807, 2.05) is 36.4 Å². The second-order valence-corrected chi connectivity index (χ2v) is 7.74. The number of hydrogen-bond donors (Lipinski definition) is 0. The van der Waals surface area contributed by atoms with Crippen LogP contribution in [0.4, 0.5) is 0 Å². The number of unbranched alkanes of at least 4 members (excludes halogenated alkanes) is 6. The van der Waals surface area contributed by atoms with Crippen molar-refractivity contribution in [3.63, 3.8) is 0 Å². The molecule has 160 valence electrons. The Hall–Kier alpha value is -3.35. The molecule has 0 radical (unpaired) electrons. The molecule has 2 heterocycles. The lowest BCUT2D eigenvalue weighted by molar-refractivity contribution is 0.0948. The molecule has 0 N–H and O–H groups in total. The van der Waals surface area contributed by atoms with Gasteiger partial charge in [0.05, 0.1) is 5.52 Å². The molecule has 0 amide bonds. The summed E-state index contributed by atoms with van der Waals surface area (Å²) >= 11 is 0. The number of benzene rings is 2. The largest absolute Gasteiger partial charge is 0.421 e. The van der Waals surface area contributed by atoms with Gasteiger partial charge in [0.1, 0.15) is 5.52 Å². The molecule has 0 aliphatic rings. The first-order chi connectivity index (χ1) is 15.3. The van der Waals surface area contributed by atoms with Crippen molar-refractivity contribution < 1.29 is 9.21 Å². The summed E-state index contributed by atoms with van der Waals surface area (Å²) in [6, 6.07) is 14.5. The fraction of sp³-hybridized carbons (Fsp3) is 0.375. The molecule has 0 spiro atoms. The molecular formula is C24H27N5O2. The molecule has 4 aromatic rings. The number of para-hydroxylation sites is 1. The van der Waals surface area contributed by atoms with Gasteiger partial charge in [-0.25, -0.2) is 0 Å². The molecule has 31 heavy (non-hydrogen) atoms. The fourth-order valence-corrected chi connectivity index (χ4v) is 3.60. The topological polar surface area (TPSA) is 86.7 Å². The Kier molecular flexibility index (Phi) is 6.82. The Morgan fingerprint density at radius 3 is 2.42 bits per heavy atom. The Morgan fingerprint density at radius 2 is 1.61 bits per heavy atom. The van der Waals surface area contributed by atoms with Crippen LogP contribution in [0.1, 0.15) is 68.1 Å². The van der Waals surface area contributed by atoms with Crippen molar-refractivity contribution in [2.45, 2.75) is 58.3 Å². The van der Waals surface area contributed by atoms with Crippen LogP contribution in [0.2, 0.25) is 0 Å². The van der Waals surface area contributed by atoms with Crippen LogP contribution in [-0.4, -0.2) is 31.1 Å². The van der Waals surface area contributed by atoms with Crippen LogP contribution in [0, 0.1) is 0 Å². The van der Waals surface area contributed by atoms with Gasteiger partial charge in [0, 0.05) is 17.5 Å². The van der Waals surface area contributed by atoms with E-state index < -0.39 is 0 Å². The van der Waals surface area contributed by atoms with E-state index in [1.165, 1.54) is 43.2 Å². The van der Waals surface area contributed by atoms with E-state index in [2.05, 4.69) is 27.4 Å². The predicted molar refractivity (Wildman–Crippen MR) is 119 cm³/mol. The number of aromatic nitrogens is 5. The summed E-state index contributed by atoms with van der Waals surface area (Å²) in [7, 11) is 0. The van der Waals surface area contributed by atoms with Gasteiger partial charge in [0.2, 0.25) is 11.8 Å². The summed E-state index contributed by atoms with van der Waals surface area (Å²) in [6.45, 7) is 2.23. The zero-order valence-corrected chi connectivity index (χ0v) is 17.8. The van der Waals surface area contributed by atoms with Crippen LogP contribution in [-0.2, 0) is 6.42 Å². The van der Waals surface area contributed by atoms with Crippen molar-refractivity contribution in [1.29, 1.82) is 0 Å². The van der Waals surface area contributed by atoms with E-state index >= 15 is 0 Å². The number of carbonyl (C=O) groups is 1. The number of nitrogens with zero attached hydrogens (tertiary/aromatic N) is 5. The highest BCUT2D eigenvalue weighted by atomic mass is 16.4. The molecular weight excluding hydrogens is 390 g/mol. The number of fused-ring (bicyclic) bond motifs is 1. The van der Waals surface area contributed by atoms with Crippen molar-refractivity contribution in [1.82, 2.24) is 25.2 Å². The maximum Gasteiger partial charge on any atom is 0.280 e. The quantitative estimate of drug-likeness (QED) is 0.318. The molecule has 0 unspecified atom stereocenters. The van der Waals surface area contributed by atoms with Crippen LogP contribution in [0.5, 0.6) is 0 Å². The number of carbonyl (C=O) groups excluding carboxylic acids is 1. The first-order valence-corrected chi connectivity index (χ1v) is 11.0. The number of hydrogen-bond acceptors (Lipinski definition) is 6. The van der Waals surface area contributed by atoms with Crippen LogP contribution >= 0.6 is 0 Å². The summed E-state index contributed by atoms with van der Waals surface area (Å²) < 4.78 is 7.13. The predicted octanol–water partition coefficient (Wildman–Crippen LogP) is 5.46. The fourth-order valence-electron chi connectivity index (χ4n) is 3.60. The van der Waals surface area contributed by atoms with Crippen LogP contribution in [0.15, 0.2) is 52.9 Å². The van der Waals surface area contributed by atoms with Gasteiger partial charge in [-0.3, -0.25) is 4.79 Å². The first-order valence-electron chi connectivity index (χ1n) is 11.0. The molecule has 0 atom stereocenters. The van der Waals surface area contributed by atoms with Gasteiger partial charge in [-0.05, 0) is 42.8 Å². The second kappa shape index (κ2) is 10.1. The highest BCUT2D eigenvalue weighted by Crippen LogP contribution is 2.20. The van der Waals surface area contributed by atoms with Crippen molar-refractivity contribution in [2.24, 2.45) is 0 Å². The van der Waals surface area contributed by atoms with Gasteiger partial charge >= 0.3 is 0 Å². The van der Waals surface area contributed by atoms with Crippen LogP contribution in [0.25, 0.3) is 22.5 Å². The Balaban J connectivity index is 1.35. The summed E-state index contributed by atoms with van der Waals surface area (Å²) in [4.78, 5) is 12.8. The molecule has 0 saturated carbocycles. The highest BCUT2D eigenvalue weighted by Gasteiger charge is 2.15. The van der Waals surface area contributed by atoms with E-state index in [0.29, 0.717) is 28.4 Å². The van der Waals surface area contributed by atoms with Gasteiger partial charge in [0.15, 0.2) is 0 Å². The van der Waals surface area contributed by atoms with Crippen LogP contribution in [0.3, 0.4) is 0 Å². The van der Waals surface area contributed by atoms with Crippen LogP contribution < -0.4 is 0 Å². The smallest absolute Gasteiger partial charge is 0.280 e. The first kappa shape index (κ1) is 20.9. The lowest BCUT2D eigenvalue weighted by atomic mass is 10.1. The lowest BCUT2D eigenvalue weighted by Crippen LogP contribution is -2.13. The normalized spacial score (nSPS) is 11.3. The van der Waals surface area contributed by atoms with Crippen molar-refractivity contribution >= 4 is 16.9 Å². The summed E-state index contributed by atoms with van der Waals surface area (Å²) in [5.74, 6) is 0.909. The third-order valence-electron chi connectivity index (χ3n) is 5.38. The molecule has 0 bridgehead atoms. The van der Waals surface area contributed by atoms with Gasteiger partial charge in [-0.2, -0.15) is 4.68 Å². The minimum absolute atomic E-state index is 0.231. The SMILES string of the molecule is CCCCCCCCCc1nnc(-c2ccc(C(=O)n3nnc4ccccc43)cc2)o1. The third kappa shape index (κ3) is 5.05. The van der Waals surface area contributed by atoms with E-state index in [9.17, 15) is 4.79 Å². The van der Waals surface area contributed by atoms with Gasteiger partial charge in [0.25, 0.3) is 5.91 Å².